The van der Waals surface area contributed by atoms with Gasteiger partial charge in [-0.1, -0.05) is 114 Å². The van der Waals surface area contributed by atoms with E-state index in [0.29, 0.717) is 10.8 Å². The van der Waals surface area contributed by atoms with Gasteiger partial charge in [-0.05, 0) is 36.5 Å². The second-order valence-electron chi connectivity index (χ2n) is 7.41. The number of hydrogen-bond acceptors (Lipinski definition) is 0. The summed E-state index contributed by atoms with van der Waals surface area (Å²) in [5.41, 5.74) is 1.37. The number of hydrogen-bond donors (Lipinski definition) is 0. The summed E-state index contributed by atoms with van der Waals surface area (Å²) in [5, 5.41) is 0. The van der Waals surface area contributed by atoms with Crippen molar-refractivity contribution in [3.05, 3.63) is 0 Å². The minimum atomic E-state index is 0. The molecule has 0 aliphatic rings. The molecule has 0 spiro atoms. The fourth-order valence-corrected chi connectivity index (χ4v) is 4.37. The average Bonchev–Trinajstić information content (AvgIpc) is 2.52. The standard InChI is InChI=1S/C13H28.C9H20.CH4/c1-5-9-13(10-6-2,11-7-3)12-8-4;1-5-9(6-2,7-3)8-4;/h5-12H2,1-4H3;5-8H2,1-4H3;1H4. The van der Waals surface area contributed by atoms with Gasteiger partial charge < -0.3 is 0 Å². The Balaban J connectivity index is -0.000000354. The maximum atomic E-state index is 2.33. The molecule has 0 aromatic heterocycles. The predicted molar refractivity (Wildman–Crippen MR) is 112 cm³/mol. The molecule has 0 atom stereocenters. The van der Waals surface area contributed by atoms with E-state index in [9.17, 15) is 0 Å². The molecule has 0 fully saturated rings. The summed E-state index contributed by atoms with van der Waals surface area (Å²) in [6.45, 7) is 18.5. The molecule has 0 nitrogen and oxygen atoms in total. The molecule has 0 heteroatoms. The van der Waals surface area contributed by atoms with Gasteiger partial charge in [0.1, 0.15) is 0 Å². The molecule has 0 saturated carbocycles. The Morgan fingerprint density at radius 3 is 0.696 bits per heavy atom. The Morgan fingerprint density at radius 1 is 0.391 bits per heavy atom. The highest BCUT2D eigenvalue weighted by Gasteiger charge is 2.25. The number of rotatable bonds is 12. The second kappa shape index (κ2) is 16.8. The van der Waals surface area contributed by atoms with Gasteiger partial charge in [-0.2, -0.15) is 0 Å². The van der Waals surface area contributed by atoms with E-state index in [1.165, 1.54) is 77.0 Å². The van der Waals surface area contributed by atoms with Gasteiger partial charge in [-0.3, -0.25) is 0 Å². The molecular weight excluding hydrogens is 276 g/mol. The molecule has 0 aromatic carbocycles. The topological polar surface area (TPSA) is 0 Å². The monoisotopic (exact) mass is 328 g/mol. The quantitative estimate of drug-likeness (QED) is 0.334. The molecule has 0 N–H and O–H groups in total. The Labute approximate surface area is 151 Å². The van der Waals surface area contributed by atoms with E-state index in [2.05, 4.69) is 55.4 Å². The van der Waals surface area contributed by atoms with Gasteiger partial charge in [0.15, 0.2) is 0 Å². The highest BCUT2D eigenvalue weighted by molar-refractivity contribution is 4.77. The molecule has 0 rings (SSSR count). The van der Waals surface area contributed by atoms with Crippen LogP contribution in [0.3, 0.4) is 0 Å². The summed E-state index contributed by atoms with van der Waals surface area (Å²) in [6, 6.07) is 0. The summed E-state index contributed by atoms with van der Waals surface area (Å²) >= 11 is 0. The molecule has 144 valence electrons. The van der Waals surface area contributed by atoms with Crippen LogP contribution in [0.1, 0.15) is 140 Å². The third kappa shape index (κ3) is 11.2. The smallest absolute Gasteiger partial charge is 0.0298 e. The minimum Gasteiger partial charge on any atom is -0.0776 e. The van der Waals surface area contributed by atoms with Crippen molar-refractivity contribution in [3.63, 3.8) is 0 Å². The Kier molecular flexibility index (Phi) is 20.4. The SMILES string of the molecule is C.CCC(CC)(CC)CC.CCCC(CCC)(CCC)CCC. The fourth-order valence-electron chi connectivity index (χ4n) is 4.37. The first-order valence-electron chi connectivity index (χ1n) is 10.5. The van der Waals surface area contributed by atoms with Gasteiger partial charge in [-0.25, -0.2) is 0 Å². The van der Waals surface area contributed by atoms with E-state index < -0.39 is 0 Å². The van der Waals surface area contributed by atoms with Crippen molar-refractivity contribution in [1.82, 2.24) is 0 Å². The maximum absolute atomic E-state index is 2.33. The largest absolute Gasteiger partial charge is 0.0776 e. The van der Waals surface area contributed by atoms with Crippen molar-refractivity contribution in [2.75, 3.05) is 0 Å². The third-order valence-electron chi connectivity index (χ3n) is 6.12. The van der Waals surface area contributed by atoms with Crippen LogP contribution in [0.25, 0.3) is 0 Å². The van der Waals surface area contributed by atoms with Crippen LogP contribution in [0.15, 0.2) is 0 Å². The van der Waals surface area contributed by atoms with Gasteiger partial charge in [0, 0.05) is 0 Å². The predicted octanol–water partition coefficient (Wildman–Crippen LogP) is 9.42. The molecular formula is C23H52. The van der Waals surface area contributed by atoms with E-state index in [1.807, 2.05) is 0 Å². The fraction of sp³-hybridized carbons (Fsp3) is 1.00. The third-order valence-corrected chi connectivity index (χ3v) is 6.12. The lowest BCUT2D eigenvalue weighted by molar-refractivity contribution is 0.190. The highest BCUT2D eigenvalue weighted by atomic mass is 14.3. The Bertz CT molecular complexity index is 165. The summed E-state index contributed by atoms with van der Waals surface area (Å²) in [7, 11) is 0. The first-order valence-corrected chi connectivity index (χ1v) is 10.5. The molecule has 0 aliphatic carbocycles. The van der Waals surface area contributed by atoms with E-state index in [4.69, 9.17) is 0 Å². The van der Waals surface area contributed by atoms with Crippen molar-refractivity contribution in [2.24, 2.45) is 10.8 Å². The van der Waals surface area contributed by atoms with E-state index in [0.717, 1.165) is 0 Å². The Morgan fingerprint density at radius 2 is 0.609 bits per heavy atom. The van der Waals surface area contributed by atoms with Crippen LogP contribution >= 0.6 is 0 Å². The van der Waals surface area contributed by atoms with E-state index in [1.54, 1.807) is 0 Å². The normalized spacial score (nSPS) is 11.5. The zero-order chi connectivity index (χ0) is 17.5. The lowest BCUT2D eigenvalue weighted by Crippen LogP contribution is -2.20. The van der Waals surface area contributed by atoms with Crippen molar-refractivity contribution in [1.29, 1.82) is 0 Å². The molecule has 0 heterocycles. The van der Waals surface area contributed by atoms with Crippen LogP contribution in [-0.2, 0) is 0 Å². The molecule has 0 unspecified atom stereocenters. The molecule has 0 aliphatic heterocycles. The molecule has 0 saturated heterocycles. The van der Waals surface area contributed by atoms with Crippen LogP contribution in [0.2, 0.25) is 0 Å². The lowest BCUT2D eigenvalue weighted by Gasteiger charge is -2.33. The Hall–Kier alpha value is 0. The summed E-state index contributed by atoms with van der Waals surface area (Å²) in [4.78, 5) is 0. The van der Waals surface area contributed by atoms with Crippen molar-refractivity contribution >= 4 is 0 Å². The first kappa shape index (κ1) is 27.8. The van der Waals surface area contributed by atoms with Crippen LogP contribution in [0, 0.1) is 10.8 Å². The molecule has 0 aromatic rings. The second-order valence-corrected chi connectivity index (χ2v) is 7.41. The molecule has 0 amide bonds. The minimum absolute atomic E-state index is 0. The average molecular weight is 329 g/mol. The zero-order valence-corrected chi connectivity index (χ0v) is 17.5. The van der Waals surface area contributed by atoms with Gasteiger partial charge in [0.05, 0.1) is 0 Å². The molecule has 0 bridgehead atoms. The van der Waals surface area contributed by atoms with Crippen LogP contribution in [0.5, 0.6) is 0 Å². The van der Waals surface area contributed by atoms with Gasteiger partial charge >= 0.3 is 0 Å². The van der Waals surface area contributed by atoms with Crippen LogP contribution < -0.4 is 0 Å². The summed E-state index contributed by atoms with van der Waals surface area (Å²) < 4.78 is 0. The first-order chi connectivity index (χ1) is 10.5. The maximum Gasteiger partial charge on any atom is -0.0298 e. The van der Waals surface area contributed by atoms with Gasteiger partial charge in [0.2, 0.25) is 0 Å². The van der Waals surface area contributed by atoms with Crippen molar-refractivity contribution in [2.45, 2.75) is 140 Å². The summed E-state index contributed by atoms with van der Waals surface area (Å²) in [6.07, 6.45) is 16.6. The zero-order valence-electron chi connectivity index (χ0n) is 17.5. The van der Waals surface area contributed by atoms with Crippen molar-refractivity contribution < 1.29 is 0 Å². The van der Waals surface area contributed by atoms with Crippen molar-refractivity contribution in [3.8, 4) is 0 Å². The molecule has 0 radical (unpaired) electrons. The van der Waals surface area contributed by atoms with E-state index in [-0.39, 0.29) is 7.43 Å². The molecule has 23 heavy (non-hydrogen) atoms. The lowest BCUT2D eigenvalue weighted by atomic mass is 9.72. The van der Waals surface area contributed by atoms with Crippen LogP contribution in [0.4, 0.5) is 0 Å². The highest BCUT2D eigenvalue weighted by Crippen LogP contribution is 2.39. The van der Waals surface area contributed by atoms with Gasteiger partial charge in [0.25, 0.3) is 0 Å². The van der Waals surface area contributed by atoms with Crippen LogP contribution in [-0.4, -0.2) is 0 Å². The van der Waals surface area contributed by atoms with E-state index >= 15 is 0 Å². The summed E-state index contributed by atoms with van der Waals surface area (Å²) in [5.74, 6) is 0. The van der Waals surface area contributed by atoms with Gasteiger partial charge in [-0.15, -0.1) is 0 Å².